The van der Waals surface area contributed by atoms with Gasteiger partial charge in [0.05, 0.1) is 19.9 Å². The van der Waals surface area contributed by atoms with Crippen molar-refractivity contribution in [2.75, 3.05) is 38.8 Å². The second kappa shape index (κ2) is 11.3. The van der Waals surface area contributed by atoms with Crippen molar-refractivity contribution in [1.82, 2.24) is 14.8 Å². The van der Waals surface area contributed by atoms with Gasteiger partial charge in [-0.2, -0.15) is 0 Å². The summed E-state index contributed by atoms with van der Waals surface area (Å²) in [4.78, 5) is 57.6. The highest BCUT2D eigenvalue weighted by atomic mass is 16.5. The average Bonchev–Trinajstić information content (AvgIpc) is 3.01. The number of likely N-dealkylation sites (tertiary alicyclic amines) is 1. The van der Waals surface area contributed by atoms with Crippen molar-refractivity contribution < 1.29 is 23.9 Å². The first-order chi connectivity index (χ1) is 20.8. The van der Waals surface area contributed by atoms with Crippen LogP contribution in [0, 0.1) is 11.3 Å². The van der Waals surface area contributed by atoms with Crippen LogP contribution in [0.2, 0.25) is 0 Å². The van der Waals surface area contributed by atoms with Crippen molar-refractivity contribution >= 4 is 23.5 Å². The van der Waals surface area contributed by atoms with Crippen LogP contribution in [0.5, 0.6) is 11.5 Å². The van der Waals surface area contributed by atoms with Crippen LogP contribution in [0.3, 0.4) is 0 Å². The number of amides is 4. The van der Waals surface area contributed by atoms with Crippen LogP contribution in [-0.2, 0) is 29.0 Å². The lowest BCUT2D eigenvalue weighted by atomic mass is 9.75. The van der Waals surface area contributed by atoms with Crippen LogP contribution in [0.4, 0.5) is 10.5 Å². The van der Waals surface area contributed by atoms with Crippen LogP contribution in [0.1, 0.15) is 36.1 Å². The largest absolute Gasteiger partial charge is 0.493 e. The fourth-order valence-electron chi connectivity index (χ4n) is 6.99. The van der Waals surface area contributed by atoms with Crippen LogP contribution in [0.25, 0.3) is 0 Å². The summed E-state index contributed by atoms with van der Waals surface area (Å²) in [7, 11) is 3.08. The van der Waals surface area contributed by atoms with Crippen LogP contribution < -0.4 is 25.2 Å². The number of pyridine rings is 1. The van der Waals surface area contributed by atoms with Crippen LogP contribution in [0.15, 0.2) is 65.5 Å². The molecular formula is C33H36N4O6. The maximum Gasteiger partial charge on any atom is 0.335 e. The molecule has 2 aromatic carbocycles. The Morgan fingerprint density at radius 1 is 0.884 bits per heavy atom. The van der Waals surface area contributed by atoms with Gasteiger partial charge in [0.15, 0.2) is 11.5 Å². The van der Waals surface area contributed by atoms with Gasteiger partial charge in [-0.15, -0.1) is 0 Å². The summed E-state index contributed by atoms with van der Waals surface area (Å²) in [5.74, 6) is 0.131. The maximum atomic E-state index is 14.6. The van der Waals surface area contributed by atoms with Crippen molar-refractivity contribution in [3.05, 3.63) is 87.8 Å². The molecule has 1 aromatic heterocycles. The smallest absolute Gasteiger partial charge is 0.335 e. The fraction of sp³-hybridized carbons (Fsp3) is 0.394. The number of imide groups is 2. The molecule has 3 atom stereocenters. The summed E-state index contributed by atoms with van der Waals surface area (Å²) in [5, 5.41) is 2.51. The Labute approximate surface area is 250 Å². The van der Waals surface area contributed by atoms with E-state index in [-0.39, 0.29) is 30.4 Å². The Bertz CT molecular complexity index is 1630. The molecule has 2 bridgehead atoms. The quantitative estimate of drug-likeness (QED) is 0.405. The second-order valence-electron chi connectivity index (χ2n) is 11.8. The van der Waals surface area contributed by atoms with Crippen molar-refractivity contribution in [2.45, 2.75) is 38.6 Å². The number of benzene rings is 2. The summed E-state index contributed by atoms with van der Waals surface area (Å²) in [6.45, 7) is 3.97. The monoisotopic (exact) mass is 584 g/mol. The van der Waals surface area contributed by atoms with Crippen molar-refractivity contribution in [3.63, 3.8) is 0 Å². The highest BCUT2D eigenvalue weighted by Gasteiger charge is 2.56. The predicted octanol–water partition coefficient (Wildman–Crippen LogP) is 3.36. The molecule has 3 aromatic rings. The van der Waals surface area contributed by atoms with E-state index in [0.717, 1.165) is 29.0 Å². The molecule has 3 aliphatic heterocycles. The van der Waals surface area contributed by atoms with E-state index in [4.69, 9.17) is 9.47 Å². The van der Waals surface area contributed by atoms with Crippen LogP contribution >= 0.6 is 0 Å². The Morgan fingerprint density at radius 3 is 2.35 bits per heavy atom. The Hall–Kier alpha value is -4.44. The first kappa shape index (κ1) is 28.7. The summed E-state index contributed by atoms with van der Waals surface area (Å²) in [5.41, 5.74) is 1.56. The minimum absolute atomic E-state index is 0.00402. The van der Waals surface area contributed by atoms with Gasteiger partial charge in [0.25, 0.3) is 11.5 Å². The molecule has 0 saturated carbocycles. The van der Waals surface area contributed by atoms with Gasteiger partial charge in [0.2, 0.25) is 5.91 Å². The topological polar surface area (TPSA) is 110 Å². The number of rotatable bonds is 8. The van der Waals surface area contributed by atoms with E-state index in [0.29, 0.717) is 42.4 Å². The molecule has 10 nitrogen and oxygen atoms in total. The molecule has 224 valence electrons. The molecule has 4 amide bonds. The van der Waals surface area contributed by atoms with E-state index in [2.05, 4.69) is 10.2 Å². The van der Waals surface area contributed by atoms with Gasteiger partial charge in [0, 0.05) is 43.9 Å². The number of carbonyl (C=O) groups excluding carboxylic acids is 3. The predicted molar refractivity (Wildman–Crippen MR) is 161 cm³/mol. The van der Waals surface area contributed by atoms with E-state index in [1.54, 1.807) is 43.5 Å². The maximum absolute atomic E-state index is 14.6. The number of ether oxygens (including phenoxy) is 2. The summed E-state index contributed by atoms with van der Waals surface area (Å²) < 4.78 is 12.8. The summed E-state index contributed by atoms with van der Waals surface area (Å²) in [6, 6.07) is 17.2. The number of aryl methyl sites for hydroxylation is 1. The highest BCUT2D eigenvalue weighted by Crippen LogP contribution is 2.40. The minimum Gasteiger partial charge on any atom is -0.493 e. The highest BCUT2D eigenvalue weighted by molar-refractivity contribution is 6.30. The third kappa shape index (κ3) is 5.09. The molecule has 2 fully saturated rings. The van der Waals surface area contributed by atoms with E-state index in [9.17, 15) is 19.2 Å². The molecule has 0 spiro atoms. The van der Waals surface area contributed by atoms with Crippen molar-refractivity contribution in [3.8, 4) is 11.5 Å². The number of aromatic nitrogens is 1. The molecule has 6 rings (SSSR count). The zero-order valence-electron chi connectivity index (χ0n) is 24.7. The van der Waals surface area contributed by atoms with E-state index in [1.165, 1.54) is 7.11 Å². The molecular weight excluding hydrogens is 548 g/mol. The standard InChI is InChI=1S/C33H36N4O6/c1-4-21-8-11-25(12-9-21)37-31(40)33(30(39)34-32(37)41,16-22-10-13-27(42-2)28(15-22)43-3)20-35-17-23-14-24(19-35)26-6-5-7-29(38)36(26)18-23/h5-13,15,23-24H,4,14,16-20H2,1-3H3,(H,34,39,41)/t23-,24+,33?/m1/s1. The fourth-order valence-corrected chi connectivity index (χ4v) is 6.99. The average molecular weight is 585 g/mol. The molecule has 1 unspecified atom stereocenters. The lowest BCUT2D eigenvalue weighted by Crippen LogP contribution is -2.68. The van der Waals surface area contributed by atoms with E-state index >= 15 is 0 Å². The van der Waals surface area contributed by atoms with Crippen molar-refractivity contribution in [1.29, 1.82) is 0 Å². The number of fused-ring (bicyclic) bond motifs is 4. The molecule has 43 heavy (non-hydrogen) atoms. The first-order valence-corrected chi connectivity index (χ1v) is 14.7. The molecule has 10 heteroatoms. The normalized spacial score (nSPS) is 23.5. The zero-order chi connectivity index (χ0) is 30.3. The van der Waals surface area contributed by atoms with Gasteiger partial charge in [-0.05, 0) is 66.6 Å². The summed E-state index contributed by atoms with van der Waals surface area (Å²) in [6.07, 6.45) is 1.81. The van der Waals surface area contributed by atoms with E-state index in [1.807, 2.05) is 35.8 Å². The number of hydrogen-bond donors (Lipinski definition) is 1. The van der Waals surface area contributed by atoms with Gasteiger partial charge in [-0.25, -0.2) is 9.69 Å². The number of hydrogen-bond acceptors (Lipinski definition) is 7. The molecule has 0 radical (unpaired) electrons. The summed E-state index contributed by atoms with van der Waals surface area (Å²) >= 11 is 0. The molecule has 1 N–H and O–H groups in total. The third-order valence-electron chi connectivity index (χ3n) is 9.08. The van der Waals surface area contributed by atoms with Crippen LogP contribution in [-0.4, -0.2) is 61.2 Å². The third-order valence-corrected chi connectivity index (χ3v) is 9.08. The molecule has 3 aliphatic rings. The van der Waals surface area contributed by atoms with Gasteiger partial charge in [-0.3, -0.25) is 19.7 Å². The number of piperidine rings is 1. The van der Waals surface area contributed by atoms with Crippen molar-refractivity contribution in [2.24, 2.45) is 11.3 Å². The number of barbiturate groups is 1. The van der Waals surface area contributed by atoms with E-state index < -0.39 is 23.3 Å². The Balaban J connectivity index is 1.39. The lowest BCUT2D eigenvalue weighted by Gasteiger charge is -2.47. The Morgan fingerprint density at radius 2 is 1.63 bits per heavy atom. The number of nitrogens with zero attached hydrogens (tertiary/aromatic N) is 3. The number of nitrogens with one attached hydrogen (secondary N) is 1. The zero-order valence-corrected chi connectivity index (χ0v) is 24.7. The number of methoxy groups -OCH3 is 2. The van der Waals surface area contributed by atoms with Gasteiger partial charge in [-0.1, -0.05) is 31.2 Å². The number of urea groups is 1. The SMILES string of the molecule is CCc1ccc(N2C(=O)NC(=O)C(Cc3ccc(OC)c(OC)c3)(CN3C[C@H]4C[C@@H](C3)c3cccc(=O)n3C4)C2=O)cc1. The first-order valence-electron chi connectivity index (χ1n) is 14.7. The molecule has 0 aliphatic carbocycles. The second-order valence-corrected chi connectivity index (χ2v) is 11.8. The minimum atomic E-state index is -1.60. The number of anilines is 1. The van der Waals surface area contributed by atoms with Gasteiger partial charge < -0.3 is 18.9 Å². The Kier molecular flexibility index (Phi) is 7.56. The number of carbonyl (C=O) groups is 3. The van der Waals surface area contributed by atoms with Gasteiger partial charge >= 0.3 is 6.03 Å². The molecule has 4 heterocycles. The lowest BCUT2D eigenvalue weighted by molar-refractivity contribution is -0.144. The van der Waals surface area contributed by atoms with Gasteiger partial charge in [0.1, 0.15) is 5.41 Å². The molecule has 2 saturated heterocycles.